The van der Waals surface area contributed by atoms with Crippen LogP contribution in [0.2, 0.25) is 0 Å². The summed E-state index contributed by atoms with van der Waals surface area (Å²) in [7, 11) is -0.510. The quantitative estimate of drug-likeness (QED) is 0.830. The van der Waals surface area contributed by atoms with Gasteiger partial charge < -0.3 is 13.8 Å². The third-order valence-electron chi connectivity index (χ3n) is 2.50. The number of aryl methyl sites for hydroxylation is 1. The molecule has 0 saturated heterocycles. The summed E-state index contributed by atoms with van der Waals surface area (Å²) in [4.78, 5) is 0. The van der Waals surface area contributed by atoms with Gasteiger partial charge in [0.1, 0.15) is 17.2 Å². The Bertz CT molecular complexity index is 552. The summed E-state index contributed by atoms with van der Waals surface area (Å²) in [5.41, 5.74) is 1.15. The number of nitrogens with one attached hydrogen (secondary N) is 1. The van der Waals surface area contributed by atoms with Gasteiger partial charge in [0, 0.05) is 0 Å². The number of hydrogen-bond donors (Lipinski definition) is 1. The Morgan fingerprint density at radius 2 is 1.21 bits per heavy atom. The van der Waals surface area contributed by atoms with Crippen LogP contribution in [0.4, 0.5) is 0 Å². The van der Waals surface area contributed by atoms with Crippen molar-refractivity contribution in [2.75, 3.05) is 7.11 Å². The van der Waals surface area contributed by atoms with E-state index < -0.39 is 8.17 Å². The van der Waals surface area contributed by atoms with Gasteiger partial charge in [0.05, 0.1) is 7.11 Å². The maximum Gasteiger partial charge on any atom is 0.299 e. The monoisotopic (exact) mass is 277 g/mol. The molecule has 0 aliphatic rings. The molecule has 2 aromatic rings. The SMILES string of the molecule is COc1ccc(O[PH](=N)Oc2ccc(C)cc2)cc1. The topological polar surface area (TPSA) is 51.5 Å². The summed E-state index contributed by atoms with van der Waals surface area (Å²) in [5, 5.41) is 7.83. The minimum absolute atomic E-state index is 0.608. The van der Waals surface area contributed by atoms with E-state index in [2.05, 4.69) is 0 Å². The van der Waals surface area contributed by atoms with Gasteiger partial charge in [0.2, 0.25) is 0 Å². The first kappa shape index (κ1) is 13.5. The van der Waals surface area contributed by atoms with Crippen LogP contribution in [0.1, 0.15) is 5.56 Å². The Hall–Kier alpha value is -1.93. The Labute approximate surface area is 113 Å². The number of hydrogen-bond acceptors (Lipinski definition) is 4. The molecule has 0 fully saturated rings. The van der Waals surface area contributed by atoms with E-state index in [0.29, 0.717) is 11.5 Å². The normalized spacial score (nSPS) is 11.7. The van der Waals surface area contributed by atoms with Crippen LogP contribution in [0.3, 0.4) is 0 Å². The first-order chi connectivity index (χ1) is 9.17. The summed E-state index contributed by atoms with van der Waals surface area (Å²) in [6.07, 6.45) is 0. The number of methoxy groups -OCH3 is 1. The van der Waals surface area contributed by atoms with Crippen LogP contribution in [0.25, 0.3) is 0 Å². The van der Waals surface area contributed by atoms with Gasteiger partial charge in [-0.1, -0.05) is 17.7 Å². The summed E-state index contributed by atoms with van der Waals surface area (Å²) < 4.78 is 15.9. The van der Waals surface area contributed by atoms with Gasteiger partial charge in [0.25, 0.3) is 8.17 Å². The van der Waals surface area contributed by atoms with Gasteiger partial charge in [-0.05, 0) is 43.3 Å². The summed E-state index contributed by atoms with van der Waals surface area (Å²) in [5.74, 6) is 2.02. The fourth-order valence-corrected chi connectivity index (χ4v) is 2.23. The Morgan fingerprint density at radius 1 is 0.789 bits per heavy atom. The Balaban J connectivity index is 1.95. The van der Waals surface area contributed by atoms with Crippen LogP contribution in [0.5, 0.6) is 17.2 Å². The van der Waals surface area contributed by atoms with Crippen molar-refractivity contribution in [1.82, 2.24) is 0 Å². The number of rotatable bonds is 5. The van der Waals surface area contributed by atoms with E-state index in [1.165, 1.54) is 0 Å². The largest absolute Gasteiger partial charge is 0.497 e. The van der Waals surface area contributed by atoms with Gasteiger partial charge in [-0.25, -0.2) is 0 Å². The van der Waals surface area contributed by atoms with Gasteiger partial charge in [0.15, 0.2) is 0 Å². The number of ether oxygens (including phenoxy) is 1. The van der Waals surface area contributed by atoms with E-state index in [1.54, 1.807) is 31.4 Å². The molecule has 5 heteroatoms. The minimum atomic E-state index is -2.12. The second-order valence-corrected chi connectivity index (χ2v) is 4.96. The molecule has 0 amide bonds. The highest BCUT2D eigenvalue weighted by atomic mass is 31.1. The zero-order chi connectivity index (χ0) is 13.7. The van der Waals surface area contributed by atoms with E-state index in [0.717, 1.165) is 11.3 Å². The Kier molecular flexibility index (Phi) is 4.48. The van der Waals surface area contributed by atoms with E-state index in [-0.39, 0.29) is 0 Å². The summed E-state index contributed by atoms with van der Waals surface area (Å²) in [6, 6.07) is 14.7. The average molecular weight is 277 g/mol. The molecule has 0 bridgehead atoms. The predicted molar refractivity (Wildman–Crippen MR) is 76.5 cm³/mol. The molecule has 1 N–H and O–H groups in total. The van der Waals surface area contributed by atoms with Gasteiger partial charge >= 0.3 is 0 Å². The molecule has 0 radical (unpaired) electrons. The molecule has 0 spiro atoms. The third-order valence-corrected chi connectivity index (χ3v) is 3.34. The van der Waals surface area contributed by atoms with E-state index >= 15 is 0 Å². The molecule has 0 heterocycles. The molecular weight excluding hydrogens is 261 g/mol. The third kappa shape index (κ3) is 4.04. The first-order valence-electron chi connectivity index (χ1n) is 5.82. The van der Waals surface area contributed by atoms with Crippen molar-refractivity contribution in [3.8, 4) is 17.2 Å². The molecule has 1 unspecified atom stereocenters. The smallest absolute Gasteiger partial charge is 0.299 e. The molecule has 0 saturated carbocycles. The second-order valence-electron chi connectivity index (χ2n) is 3.98. The van der Waals surface area contributed by atoms with Crippen molar-refractivity contribution in [1.29, 1.82) is 5.16 Å². The van der Waals surface area contributed by atoms with Crippen LogP contribution in [0, 0.1) is 12.1 Å². The summed E-state index contributed by atoms with van der Waals surface area (Å²) in [6.45, 7) is 2.00. The fourth-order valence-electron chi connectivity index (χ4n) is 1.48. The molecule has 2 aromatic carbocycles. The highest BCUT2D eigenvalue weighted by molar-refractivity contribution is 7.35. The molecular formula is C14H16NO3P. The van der Waals surface area contributed by atoms with E-state index in [1.807, 2.05) is 31.2 Å². The van der Waals surface area contributed by atoms with Crippen molar-refractivity contribution < 1.29 is 13.8 Å². The highest BCUT2D eigenvalue weighted by Crippen LogP contribution is 2.31. The molecule has 100 valence electrons. The molecule has 1 atom stereocenters. The van der Waals surface area contributed by atoms with Crippen LogP contribution in [-0.2, 0) is 0 Å². The van der Waals surface area contributed by atoms with Crippen LogP contribution >= 0.6 is 8.17 Å². The minimum Gasteiger partial charge on any atom is -0.497 e. The standard InChI is InChI=1S/C14H16NO3P/c1-11-3-5-13(6-4-11)17-19(15)18-14-9-7-12(16-2)8-10-14/h3-10,15,19H,1-2H3. The Morgan fingerprint density at radius 3 is 1.68 bits per heavy atom. The zero-order valence-corrected chi connectivity index (χ0v) is 11.8. The lowest BCUT2D eigenvalue weighted by Gasteiger charge is -2.11. The van der Waals surface area contributed by atoms with Crippen LogP contribution < -0.4 is 13.8 Å². The highest BCUT2D eigenvalue weighted by Gasteiger charge is 2.01. The van der Waals surface area contributed by atoms with E-state index in [4.69, 9.17) is 18.9 Å². The lowest BCUT2D eigenvalue weighted by molar-refractivity contribution is 0.413. The van der Waals surface area contributed by atoms with Crippen molar-refractivity contribution in [2.45, 2.75) is 6.92 Å². The van der Waals surface area contributed by atoms with Crippen molar-refractivity contribution in [3.63, 3.8) is 0 Å². The first-order valence-corrected chi connectivity index (χ1v) is 7.14. The fraction of sp³-hybridized carbons (Fsp3) is 0.143. The molecule has 19 heavy (non-hydrogen) atoms. The lowest BCUT2D eigenvalue weighted by atomic mass is 10.2. The van der Waals surface area contributed by atoms with Crippen LogP contribution in [0.15, 0.2) is 48.5 Å². The van der Waals surface area contributed by atoms with Gasteiger partial charge in [-0.2, -0.15) is 0 Å². The number of benzene rings is 2. The van der Waals surface area contributed by atoms with Crippen molar-refractivity contribution >= 4 is 8.17 Å². The predicted octanol–water partition coefficient (Wildman–Crippen LogP) is 4.27. The summed E-state index contributed by atoms with van der Waals surface area (Å²) >= 11 is 0. The molecule has 4 nitrogen and oxygen atoms in total. The lowest BCUT2D eigenvalue weighted by Crippen LogP contribution is -1.89. The van der Waals surface area contributed by atoms with Gasteiger partial charge in [-0.3, -0.25) is 5.16 Å². The van der Waals surface area contributed by atoms with Crippen molar-refractivity contribution in [2.24, 2.45) is 0 Å². The maximum absolute atomic E-state index is 7.83. The van der Waals surface area contributed by atoms with Gasteiger partial charge in [-0.15, -0.1) is 0 Å². The molecule has 0 aliphatic carbocycles. The maximum atomic E-state index is 7.83. The molecule has 0 aromatic heterocycles. The molecule has 0 aliphatic heterocycles. The van der Waals surface area contributed by atoms with E-state index in [9.17, 15) is 0 Å². The molecule has 2 rings (SSSR count). The average Bonchev–Trinajstić information content (AvgIpc) is 2.42. The zero-order valence-electron chi connectivity index (χ0n) is 10.8. The van der Waals surface area contributed by atoms with Crippen molar-refractivity contribution in [3.05, 3.63) is 54.1 Å². The van der Waals surface area contributed by atoms with Crippen LogP contribution in [-0.4, -0.2) is 7.11 Å². The second kappa shape index (κ2) is 6.30.